The normalized spacial score (nSPS) is 12.9. The van der Waals surface area contributed by atoms with E-state index in [1.165, 1.54) is 0 Å². The summed E-state index contributed by atoms with van der Waals surface area (Å²) in [6, 6.07) is 4.25. The summed E-state index contributed by atoms with van der Waals surface area (Å²) in [7, 11) is 1.86. The Hall–Kier alpha value is -1.62. The highest BCUT2D eigenvalue weighted by Gasteiger charge is 2.06. The van der Waals surface area contributed by atoms with Crippen LogP contribution < -0.4 is 5.32 Å². The second kappa shape index (κ2) is 4.94. The molecule has 1 unspecified atom stereocenters. The van der Waals surface area contributed by atoms with Gasteiger partial charge in [0.2, 0.25) is 0 Å². The third-order valence-corrected chi connectivity index (χ3v) is 2.37. The van der Waals surface area contributed by atoms with E-state index < -0.39 is 0 Å². The second-order valence-corrected chi connectivity index (χ2v) is 3.95. The lowest BCUT2D eigenvalue weighted by atomic mass is 10.2. The van der Waals surface area contributed by atoms with Gasteiger partial charge in [-0.3, -0.25) is 4.68 Å². The summed E-state index contributed by atoms with van der Waals surface area (Å²) in [5, 5.41) is 11.3. The Morgan fingerprint density at radius 1 is 1.56 bits per heavy atom. The van der Waals surface area contributed by atoms with Crippen LogP contribution >= 0.6 is 0 Å². The summed E-state index contributed by atoms with van der Waals surface area (Å²) in [6.45, 7) is 2.86. The maximum absolute atomic E-state index is 5.29. The van der Waals surface area contributed by atoms with Gasteiger partial charge in [-0.2, -0.15) is 0 Å². The fraction of sp³-hybridized carbons (Fsp3) is 0.455. The van der Waals surface area contributed by atoms with E-state index in [4.69, 9.17) is 4.42 Å². The second-order valence-electron chi connectivity index (χ2n) is 3.95. The molecule has 0 radical (unpaired) electrons. The van der Waals surface area contributed by atoms with Gasteiger partial charge in [0.05, 0.1) is 12.0 Å². The van der Waals surface area contributed by atoms with Crippen molar-refractivity contribution in [2.45, 2.75) is 25.9 Å². The Balaban J connectivity index is 1.77. The Kier molecular flexibility index (Phi) is 3.36. The third-order valence-electron chi connectivity index (χ3n) is 2.37. The summed E-state index contributed by atoms with van der Waals surface area (Å²) in [5.41, 5.74) is 0.953. The van der Waals surface area contributed by atoms with Crippen molar-refractivity contribution in [1.82, 2.24) is 20.3 Å². The van der Waals surface area contributed by atoms with Gasteiger partial charge in [-0.25, -0.2) is 0 Å². The van der Waals surface area contributed by atoms with Crippen molar-refractivity contribution in [2.75, 3.05) is 0 Å². The molecule has 0 aliphatic rings. The maximum Gasteiger partial charge on any atom is 0.105 e. The van der Waals surface area contributed by atoms with E-state index in [9.17, 15) is 0 Å². The van der Waals surface area contributed by atoms with Gasteiger partial charge in [0.25, 0.3) is 0 Å². The molecule has 0 bridgehead atoms. The fourth-order valence-electron chi connectivity index (χ4n) is 1.56. The smallest absolute Gasteiger partial charge is 0.105 e. The molecule has 0 aliphatic heterocycles. The number of hydrogen-bond donors (Lipinski definition) is 1. The summed E-state index contributed by atoms with van der Waals surface area (Å²) < 4.78 is 6.99. The molecule has 2 aromatic heterocycles. The molecule has 2 aromatic rings. The highest BCUT2D eigenvalue weighted by molar-refractivity contribution is 5.00. The molecule has 2 rings (SSSR count). The van der Waals surface area contributed by atoms with Gasteiger partial charge in [0.15, 0.2) is 0 Å². The molecule has 5 heteroatoms. The SMILES string of the molecule is CC(Cc1ccco1)NCc1cn(C)nn1. The average molecular weight is 220 g/mol. The standard InChI is InChI=1S/C11H16N4O/c1-9(6-11-4-3-5-16-11)12-7-10-8-15(2)14-13-10/h3-5,8-9,12H,6-7H2,1-2H3. The van der Waals surface area contributed by atoms with Crippen molar-refractivity contribution < 1.29 is 4.42 Å². The predicted octanol–water partition coefficient (Wildman–Crippen LogP) is 1.13. The lowest BCUT2D eigenvalue weighted by molar-refractivity contribution is 0.455. The minimum absolute atomic E-state index is 0.355. The van der Waals surface area contributed by atoms with Crippen LogP contribution in [0.4, 0.5) is 0 Å². The highest BCUT2D eigenvalue weighted by Crippen LogP contribution is 2.04. The molecule has 0 aromatic carbocycles. The number of nitrogens with one attached hydrogen (secondary N) is 1. The monoisotopic (exact) mass is 220 g/mol. The van der Waals surface area contributed by atoms with E-state index in [1.807, 2.05) is 25.4 Å². The third kappa shape index (κ3) is 2.93. The zero-order chi connectivity index (χ0) is 11.4. The van der Waals surface area contributed by atoms with Crippen LogP contribution in [-0.2, 0) is 20.0 Å². The van der Waals surface area contributed by atoms with Crippen LogP contribution in [0.2, 0.25) is 0 Å². The van der Waals surface area contributed by atoms with Gasteiger partial charge < -0.3 is 9.73 Å². The van der Waals surface area contributed by atoms with E-state index in [1.54, 1.807) is 10.9 Å². The zero-order valence-electron chi connectivity index (χ0n) is 9.55. The van der Waals surface area contributed by atoms with Crippen LogP contribution in [0, 0.1) is 0 Å². The van der Waals surface area contributed by atoms with Gasteiger partial charge in [-0.05, 0) is 19.1 Å². The van der Waals surface area contributed by atoms with E-state index in [-0.39, 0.29) is 0 Å². The first kappa shape index (κ1) is 10.9. The van der Waals surface area contributed by atoms with Gasteiger partial charge >= 0.3 is 0 Å². The van der Waals surface area contributed by atoms with Crippen LogP contribution in [-0.4, -0.2) is 21.0 Å². The summed E-state index contributed by atoms with van der Waals surface area (Å²) >= 11 is 0. The number of aromatic nitrogens is 3. The predicted molar refractivity (Wildman–Crippen MR) is 59.7 cm³/mol. The van der Waals surface area contributed by atoms with E-state index >= 15 is 0 Å². The molecule has 1 N–H and O–H groups in total. The zero-order valence-corrected chi connectivity index (χ0v) is 9.55. The topological polar surface area (TPSA) is 55.9 Å². The van der Waals surface area contributed by atoms with Crippen molar-refractivity contribution in [1.29, 1.82) is 0 Å². The van der Waals surface area contributed by atoms with E-state index in [2.05, 4.69) is 22.6 Å². The molecule has 16 heavy (non-hydrogen) atoms. The molecule has 0 saturated carbocycles. The number of nitrogens with zero attached hydrogens (tertiary/aromatic N) is 3. The van der Waals surface area contributed by atoms with Crippen LogP contribution in [0.5, 0.6) is 0 Å². The molecule has 0 amide bonds. The van der Waals surface area contributed by atoms with Crippen molar-refractivity contribution in [3.63, 3.8) is 0 Å². The lowest BCUT2D eigenvalue weighted by Gasteiger charge is -2.10. The number of aryl methyl sites for hydroxylation is 1. The van der Waals surface area contributed by atoms with Crippen molar-refractivity contribution in [3.05, 3.63) is 36.0 Å². The van der Waals surface area contributed by atoms with Gasteiger partial charge in [-0.15, -0.1) is 5.10 Å². The van der Waals surface area contributed by atoms with Gasteiger partial charge in [0.1, 0.15) is 5.76 Å². The molecule has 86 valence electrons. The summed E-state index contributed by atoms with van der Waals surface area (Å²) in [6.07, 6.45) is 4.49. The molecular weight excluding hydrogens is 204 g/mol. The minimum atomic E-state index is 0.355. The van der Waals surface area contributed by atoms with Crippen molar-refractivity contribution in [3.8, 4) is 0 Å². The molecule has 0 spiro atoms. The Morgan fingerprint density at radius 2 is 2.44 bits per heavy atom. The van der Waals surface area contributed by atoms with Crippen molar-refractivity contribution >= 4 is 0 Å². The fourth-order valence-corrected chi connectivity index (χ4v) is 1.56. The van der Waals surface area contributed by atoms with Gasteiger partial charge in [0, 0.05) is 32.3 Å². The first-order valence-electron chi connectivity index (χ1n) is 5.35. The lowest BCUT2D eigenvalue weighted by Crippen LogP contribution is -2.27. The summed E-state index contributed by atoms with van der Waals surface area (Å²) in [5.74, 6) is 0.999. The van der Waals surface area contributed by atoms with Crippen LogP contribution in [0.1, 0.15) is 18.4 Å². The minimum Gasteiger partial charge on any atom is -0.469 e. The van der Waals surface area contributed by atoms with Crippen LogP contribution in [0.3, 0.4) is 0 Å². The van der Waals surface area contributed by atoms with E-state index in [0.717, 1.165) is 24.4 Å². The first-order valence-corrected chi connectivity index (χ1v) is 5.35. The molecule has 0 saturated heterocycles. The molecular formula is C11H16N4O. The van der Waals surface area contributed by atoms with E-state index in [0.29, 0.717) is 6.04 Å². The number of hydrogen-bond acceptors (Lipinski definition) is 4. The van der Waals surface area contributed by atoms with Gasteiger partial charge in [-0.1, -0.05) is 5.21 Å². The Morgan fingerprint density at radius 3 is 3.06 bits per heavy atom. The molecule has 5 nitrogen and oxygen atoms in total. The van der Waals surface area contributed by atoms with Crippen LogP contribution in [0.15, 0.2) is 29.0 Å². The Labute approximate surface area is 94.5 Å². The molecule has 2 heterocycles. The maximum atomic E-state index is 5.29. The van der Waals surface area contributed by atoms with Crippen molar-refractivity contribution in [2.24, 2.45) is 7.05 Å². The molecule has 0 fully saturated rings. The largest absolute Gasteiger partial charge is 0.469 e. The number of furan rings is 1. The molecule has 0 aliphatic carbocycles. The quantitative estimate of drug-likeness (QED) is 0.820. The molecule has 1 atom stereocenters. The van der Waals surface area contributed by atoms with Crippen LogP contribution in [0.25, 0.3) is 0 Å². The highest BCUT2D eigenvalue weighted by atomic mass is 16.3. The first-order chi connectivity index (χ1) is 7.74. The Bertz CT molecular complexity index is 421. The summed E-state index contributed by atoms with van der Waals surface area (Å²) in [4.78, 5) is 0. The average Bonchev–Trinajstić information content (AvgIpc) is 2.87. The number of rotatable bonds is 5.